The van der Waals surface area contributed by atoms with Crippen LogP contribution in [0.15, 0.2) is 36.4 Å². The average Bonchev–Trinajstić information content (AvgIpc) is 2.85. The second-order valence-electron chi connectivity index (χ2n) is 11.7. The Morgan fingerprint density at radius 2 is 1.32 bits per heavy atom. The lowest BCUT2D eigenvalue weighted by Crippen LogP contribution is -2.51. The molecule has 2 N–H and O–H groups in total. The average molecular weight is 555 g/mol. The fourth-order valence-corrected chi connectivity index (χ4v) is 6.88. The molecule has 2 aromatic rings. The van der Waals surface area contributed by atoms with Crippen molar-refractivity contribution in [2.75, 3.05) is 6.54 Å². The zero-order valence-electron chi connectivity index (χ0n) is 24.3. The maximum Gasteiger partial charge on any atom is 0.262 e. The zero-order valence-corrected chi connectivity index (χ0v) is 26.0. The Morgan fingerprint density at radius 1 is 0.789 bits per heavy atom. The second kappa shape index (κ2) is 13.3. The minimum absolute atomic E-state index is 0.0258. The summed E-state index contributed by atoms with van der Waals surface area (Å²) in [6, 6.07) is 12.7. The highest BCUT2D eigenvalue weighted by Gasteiger charge is 2.41. The van der Waals surface area contributed by atoms with Gasteiger partial charge in [-0.15, -0.1) is 0 Å². The molecule has 1 saturated carbocycles. The van der Waals surface area contributed by atoms with E-state index in [-0.39, 0.29) is 16.9 Å². The summed E-state index contributed by atoms with van der Waals surface area (Å²) in [6.45, 7) is 16.4. The number of hydrogen-bond donors (Lipinski definition) is 2. The molecule has 1 aliphatic rings. The van der Waals surface area contributed by atoms with Crippen LogP contribution in [0, 0.1) is 10.8 Å². The van der Waals surface area contributed by atoms with E-state index in [2.05, 4.69) is 77.3 Å². The van der Waals surface area contributed by atoms with Crippen LogP contribution < -0.4 is 20.1 Å². The van der Waals surface area contributed by atoms with Gasteiger partial charge >= 0.3 is 0 Å². The maximum atomic E-state index is 6.19. The fourth-order valence-electron chi connectivity index (χ4n) is 6.47. The molecule has 0 amide bonds. The highest BCUT2D eigenvalue weighted by molar-refractivity contribution is 7.80. The summed E-state index contributed by atoms with van der Waals surface area (Å²) in [5, 5.41) is 7.85. The molecule has 3 rings (SSSR count). The van der Waals surface area contributed by atoms with Crippen LogP contribution in [0.25, 0.3) is 0 Å². The summed E-state index contributed by atoms with van der Waals surface area (Å²) < 4.78 is 12.3. The Bertz CT molecular complexity index is 1130. The summed E-state index contributed by atoms with van der Waals surface area (Å²) in [6.07, 6.45) is 6.91. The molecule has 1 fully saturated rings. The Morgan fingerprint density at radius 3 is 1.82 bits per heavy atom. The van der Waals surface area contributed by atoms with Crippen LogP contribution in [0.3, 0.4) is 0 Å². The van der Waals surface area contributed by atoms with Crippen molar-refractivity contribution in [1.82, 2.24) is 10.6 Å². The molecule has 1 aliphatic carbocycles. The number of nitrogens with one attached hydrogen (secondary N) is 2. The smallest absolute Gasteiger partial charge is 0.262 e. The minimum atomic E-state index is 0.0258. The first-order valence-corrected chi connectivity index (χ1v) is 15.0. The van der Waals surface area contributed by atoms with Crippen molar-refractivity contribution >= 4 is 34.8 Å². The van der Waals surface area contributed by atoms with Crippen molar-refractivity contribution in [1.29, 1.82) is 0 Å². The summed E-state index contributed by atoms with van der Waals surface area (Å²) in [4.78, 5) is 0. The van der Waals surface area contributed by atoms with Crippen LogP contribution in [0.5, 0.6) is 11.5 Å². The highest BCUT2D eigenvalue weighted by Crippen LogP contribution is 2.46. The van der Waals surface area contributed by atoms with E-state index in [9.17, 15) is 0 Å². The van der Waals surface area contributed by atoms with Crippen molar-refractivity contribution in [3.63, 3.8) is 0 Å². The van der Waals surface area contributed by atoms with Crippen LogP contribution >= 0.6 is 24.4 Å². The van der Waals surface area contributed by atoms with Crippen molar-refractivity contribution in [3.8, 4) is 11.5 Å². The normalized spacial score (nSPS) is 20.4. The molecule has 2 atom stereocenters. The molecule has 0 saturated heterocycles. The quantitative estimate of drug-likeness (QED) is 0.309. The molecule has 2 aromatic carbocycles. The van der Waals surface area contributed by atoms with Crippen molar-refractivity contribution < 1.29 is 9.47 Å². The molecular weight excluding hydrogens is 508 g/mol. The van der Waals surface area contributed by atoms with Crippen LogP contribution in [0.2, 0.25) is 0 Å². The maximum absolute atomic E-state index is 6.19. The number of ether oxygens (including phenoxy) is 2. The first kappa shape index (κ1) is 30.4. The molecule has 2 unspecified atom stereocenters. The molecule has 0 aliphatic heterocycles. The molecule has 6 heteroatoms. The van der Waals surface area contributed by atoms with Gasteiger partial charge in [-0.25, -0.2) is 0 Å². The molecule has 0 aromatic heterocycles. The van der Waals surface area contributed by atoms with Gasteiger partial charge in [0.15, 0.2) is 0 Å². The predicted octanol–water partition coefficient (Wildman–Crippen LogP) is 7.73. The molecule has 0 spiro atoms. The lowest BCUT2D eigenvalue weighted by Gasteiger charge is -2.47. The van der Waals surface area contributed by atoms with E-state index in [1.54, 1.807) is 0 Å². The molecule has 0 bridgehead atoms. The second-order valence-corrected chi connectivity index (χ2v) is 12.5. The largest absolute Gasteiger partial charge is 0.432 e. The lowest BCUT2D eigenvalue weighted by atomic mass is 9.62. The van der Waals surface area contributed by atoms with Crippen LogP contribution in [0.1, 0.15) is 90.0 Å². The van der Waals surface area contributed by atoms with Gasteiger partial charge in [-0.2, -0.15) is 0 Å². The number of benzene rings is 2. The van der Waals surface area contributed by atoms with Gasteiger partial charge in [0.2, 0.25) is 0 Å². The van der Waals surface area contributed by atoms with E-state index in [4.69, 9.17) is 33.9 Å². The van der Waals surface area contributed by atoms with Gasteiger partial charge in [-0.05, 0) is 115 Å². The van der Waals surface area contributed by atoms with Crippen LogP contribution in [-0.4, -0.2) is 22.9 Å². The molecule has 0 radical (unpaired) electrons. The van der Waals surface area contributed by atoms with E-state index >= 15 is 0 Å². The Balaban J connectivity index is 1.63. The Kier molecular flexibility index (Phi) is 10.6. The third-order valence-corrected chi connectivity index (χ3v) is 8.19. The monoisotopic (exact) mass is 554 g/mol. The first-order chi connectivity index (χ1) is 18.0. The van der Waals surface area contributed by atoms with Crippen LogP contribution in [-0.2, 0) is 25.7 Å². The van der Waals surface area contributed by atoms with Gasteiger partial charge in [0.25, 0.3) is 10.3 Å². The van der Waals surface area contributed by atoms with Crippen molar-refractivity contribution in [3.05, 3.63) is 58.7 Å². The minimum Gasteiger partial charge on any atom is -0.432 e. The Labute approximate surface area is 241 Å². The third-order valence-electron chi connectivity index (χ3n) is 7.76. The molecule has 0 heterocycles. The summed E-state index contributed by atoms with van der Waals surface area (Å²) in [5.74, 6) is 1.73. The fraction of sp³-hybridized carbons (Fsp3) is 0.562. The SMILES string of the molecule is CCc1cccc(OC(=S)NCC2(C)CC(NC(=S)Oc3cccc(CC)c3CC)CC(C)(C)C2)c1CC. The van der Waals surface area contributed by atoms with Gasteiger partial charge in [0.05, 0.1) is 0 Å². The van der Waals surface area contributed by atoms with Gasteiger partial charge < -0.3 is 20.1 Å². The molecule has 4 nitrogen and oxygen atoms in total. The summed E-state index contributed by atoms with van der Waals surface area (Å²) in [5.41, 5.74) is 5.28. The van der Waals surface area contributed by atoms with E-state index in [0.29, 0.717) is 10.3 Å². The Hall–Kier alpha value is -2.18. The first-order valence-electron chi connectivity index (χ1n) is 14.2. The summed E-state index contributed by atoms with van der Waals surface area (Å²) in [7, 11) is 0. The predicted molar refractivity (Wildman–Crippen MR) is 168 cm³/mol. The van der Waals surface area contributed by atoms with E-state index in [1.165, 1.54) is 22.3 Å². The number of aryl methyl sites for hydroxylation is 2. The molecule has 208 valence electrons. The van der Waals surface area contributed by atoms with Gasteiger partial charge in [0.1, 0.15) is 11.5 Å². The summed E-state index contributed by atoms with van der Waals surface area (Å²) >= 11 is 11.3. The van der Waals surface area contributed by atoms with E-state index in [0.717, 1.165) is 63.0 Å². The van der Waals surface area contributed by atoms with Crippen molar-refractivity contribution in [2.45, 2.75) is 99.5 Å². The van der Waals surface area contributed by atoms with Crippen molar-refractivity contribution in [2.24, 2.45) is 10.8 Å². The van der Waals surface area contributed by atoms with Crippen LogP contribution in [0.4, 0.5) is 0 Å². The molecule has 38 heavy (non-hydrogen) atoms. The van der Waals surface area contributed by atoms with Gasteiger partial charge in [0, 0.05) is 12.6 Å². The van der Waals surface area contributed by atoms with Gasteiger partial charge in [-0.3, -0.25) is 0 Å². The number of hydrogen-bond acceptors (Lipinski definition) is 4. The third kappa shape index (κ3) is 7.92. The molecular formula is C32H46N2O2S2. The zero-order chi connectivity index (χ0) is 27.9. The topological polar surface area (TPSA) is 42.5 Å². The standard InChI is InChI=1S/C32H46N2O2S2/c1-8-22-14-12-16-27(25(22)10-3)35-29(37)33-21-32(7)19-24(18-31(5,6)20-32)34-30(38)36-28-17-13-15-23(9-2)26(28)11-4/h12-17,24H,8-11,18-21H2,1-7H3,(H,33,37)(H,34,38). The van der Waals surface area contributed by atoms with E-state index < -0.39 is 0 Å². The number of rotatable bonds is 9. The number of thiocarbonyl (C=S) groups is 2. The lowest BCUT2D eigenvalue weighted by molar-refractivity contribution is 0.0787. The highest BCUT2D eigenvalue weighted by atomic mass is 32.1. The van der Waals surface area contributed by atoms with E-state index in [1.807, 2.05) is 18.2 Å². The van der Waals surface area contributed by atoms with Gasteiger partial charge in [-0.1, -0.05) is 72.7 Å².